The van der Waals surface area contributed by atoms with Crippen LogP contribution in [0.2, 0.25) is 0 Å². The smallest absolute Gasteiger partial charge is 0.226 e. The van der Waals surface area contributed by atoms with Crippen molar-refractivity contribution in [2.45, 2.75) is 58.8 Å². The summed E-state index contributed by atoms with van der Waals surface area (Å²) in [5.74, 6) is 0.288. The molecule has 0 aromatic heterocycles. The van der Waals surface area contributed by atoms with Crippen LogP contribution in [0.3, 0.4) is 0 Å². The lowest BCUT2D eigenvalue weighted by atomic mass is 9.88. The van der Waals surface area contributed by atoms with Crippen molar-refractivity contribution in [3.05, 3.63) is 0 Å². The second-order valence-corrected chi connectivity index (χ2v) is 5.21. The Hall–Kier alpha value is -0.610. The Morgan fingerprint density at radius 3 is 2.47 bits per heavy atom. The number of carbonyl (C=O) groups is 1. The Morgan fingerprint density at radius 2 is 2.00 bits per heavy atom. The maximum absolute atomic E-state index is 12.1. The van der Waals surface area contributed by atoms with E-state index in [2.05, 4.69) is 12.2 Å². The molecule has 4 heteroatoms. The van der Waals surface area contributed by atoms with Gasteiger partial charge < -0.3 is 15.2 Å². The van der Waals surface area contributed by atoms with E-state index in [9.17, 15) is 4.79 Å². The Kier molecular flexibility index (Phi) is 5.40. The van der Waals surface area contributed by atoms with Crippen LogP contribution in [0.25, 0.3) is 0 Å². The van der Waals surface area contributed by atoms with Gasteiger partial charge in [-0.1, -0.05) is 6.92 Å². The minimum Gasteiger partial charge on any atom is -0.396 e. The van der Waals surface area contributed by atoms with E-state index in [0.717, 1.165) is 12.8 Å². The molecular weight excluding hydrogens is 218 g/mol. The summed E-state index contributed by atoms with van der Waals surface area (Å²) in [5, 5.41) is 11.8. The van der Waals surface area contributed by atoms with Crippen molar-refractivity contribution in [1.29, 1.82) is 0 Å². The first-order chi connectivity index (χ1) is 7.97. The molecule has 100 valence electrons. The van der Waals surface area contributed by atoms with Gasteiger partial charge in [-0.3, -0.25) is 4.79 Å². The van der Waals surface area contributed by atoms with Crippen LogP contribution < -0.4 is 5.32 Å². The molecule has 1 aliphatic heterocycles. The minimum atomic E-state index is -0.0541. The van der Waals surface area contributed by atoms with E-state index in [1.54, 1.807) is 0 Å². The number of hydrogen-bond acceptors (Lipinski definition) is 3. The highest BCUT2D eigenvalue weighted by Crippen LogP contribution is 2.32. The van der Waals surface area contributed by atoms with Crippen molar-refractivity contribution in [1.82, 2.24) is 5.32 Å². The molecule has 0 aromatic carbocycles. The highest BCUT2D eigenvalue weighted by molar-refractivity contribution is 5.80. The van der Waals surface area contributed by atoms with Gasteiger partial charge in [0.25, 0.3) is 0 Å². The molecule has 1 rings (SSSR count). The molecule has 5 unspecified atom stereocenters. The number of carbonyl (C=O) groups excluding carboxylic acids is 1. The van der Waals surface area contributed by atoms with Crippen molar-refractivity contribution >= 4 is 5.91 Å². The van der Waals surface area contributed by atoms with Gasteiger partial charge in [-0.15, -0.1) is 0 Å². The molecule has 0 bridgehead atoms. The summed E-state index contributed by atoms with van der Waals surface area (Å²) in [7, 11) is 0. The highest BCUT2D eigenvalue weighted by atomic mass is 16.5. The standard InChI is InChI=1S/C13H25NO3/c1-8(6-5-7-15)14-13(16)12-9(2)10(3)17-11(12)4/h8-12,15H,5-7H2,1-4H3,(H,14,16). The quantitative estimate of drug-likeness (QED) is 0.765. The molecule has 17 heavy (non-hydrogen) atoms. The summed E-state index contributed by atoms with van der Waals surface area (Å²) in [6, 6.07) is 0.116. The lowest BCUT2D eigenvalue weighted by Crippen LogP contribution is -2.41. The van der Waals surface area contributed by atoms with Crippen molar-refractivity contribution < 1.29 is 14.6 Å². The molecule has 0 aromatic rings. The predicted molar refractivity (Wildman–Crippen MR) is 66.6 cm³/mol. The van der Waals surface area contributed by atoms with E-state index in [1.807, 2.05) is 20.8 Å². The number of aliphatic hydroxyl groups excluding tert-OH is 1. The van der Waals surface area contributed by atoms with Crippen LogP contribution in [0.1, 0.15) is 40.5 Å². The number of hydrogen-bond donors (Lipinski definition) is 2. The van der Waals surface area contributed by atoms with Crippen LogP contribution >= 0.6 is 0 Å². The second-order valence-electron chi connectivity index (χ2n) is 5.21. The average Bonchev–Trinajstić information content (AvgIpc) is 2.50. The fraction of sp³-hybridized carbons (Fsp3) is 0.923. The van der Waals surface area contributed by atoms with Gasteiger partial charge in [-0.25, -0.2) is 0 Å². The van der Waals surface area contributed by atoms with Crippen LogP contribution in [0.4, 0.5) is 0 Å². The zero-order chi connectivity index (χ0) is 13.0. The maximum Gasteiger partial charge on any atom is 0.226 e. The largest absolute Gasteiger partial charge is 0.396 e. The number of aliphatic hydroxyl groups is 1. The Morgan fingerprint density at radius 1 is 1.35 bits per heavy atom. The molecule has 1 fully saturated rings. The Bertz CT molecular complexity index is 257. The van der Waals surface area contributed by atoms with E-state index in [-0.39, 0.29) is 42.6 Å². The monoisotopic (exact) mass is 243 g/mol. The second kappa shape index (κ2) is 6.36. The van der Waals surface area contributed by atoms with Crippen molar-refractivity contribution in [2.75, 3.05) is 6.61 Å². The van der Waals surface area contributed by atoms with Crippen LogP contribution in [-0.4, -0.2) is 35.9 Å². The molecule has 1 saturated heterocycles. The zero-order valence-electron chi connectivity index (χ0n) is 11.3. The van der Waals surface area contributed by atoms with Crippen molar-refractivity contribution in [3.63, 3.8) is 0 Å². The van der Waals surface area contributed by atoms with Crippen molar-refractivity contribution in [3.8, 4) is 0 Å². The normalized spacial score (nSPS) is 34.6. The minimum absolute atomic E-state index is 0.00922. The fourth-order valence-electron chi connectivity index (χ4n) is 2.53. The number of amides is 1. The van der Waals surface area contributed by atoms with E-state index in [0.29, 0.717) is 0 Å². The molecule has 4 nitrogen and oxygen atoms in total. The Balaban J connectivity index is 2.47. The average molecular weight is 243 g/mol. The third-order valence-electron chi connectivity index (χ3n) is 3.73. The van der Waals surface area contributed by atoms with E-state index >= 15 is 0 Å². The summed E-state index contributed by atoms with van der Waals surface area (Å²) in [5.41, 5.74) is 0. The summed E-state index contributed by atoms with van der Waals surface area (Å²) in [6.07, 6.45) is 1.68. The lowest BCUT2D eigenvalue weighted by molar-refractivity contribution is -0.127. The number of nitrogens with one attached hydrogen (secondary N) is 1. The van der Waals surface area contributed by atoms with Crippen LogP contribution in [0.5, 0.6) is 0 Å². The molecule has 1 aliphatic rings. The first-order valence-electron chi connectivity index (χ1n) is 6.54. The molecule has 1 amide bonds. The van der Waals surface area contributed by atoms with E-state index in [1.165, 1.54) is 0 Å². The molecule has 0 spiro atoms. The number of ether oxygens (including phenoxy) is 1. The summed E-state index contributed by atoms with van der Waals surface area (Å²) in [6.45, 7) is 8.20. The molecule has 2 N–H and O–H groups in total. The highest BCUT2D eigenvalue weighted by Gasteiger charge is 2.41. The van der Waals surface area contributed by atoms with Gasteiger partial charge in [-0.05, 0) is 39.5 Å². The van der Waals surface area contributed by atoms with Crippen molar-refractivity contribution in [2.24, 2.45) is 11.8 Å². The number of rotatable bonds is 5. The summed E-state index contributed by atoms with van der Waals surface area (Å²) < 4.78 is 5.67. The molecule has 0 radical (unpaired) electrons. The first-order valence-corrected chi connectivity index (χ1v) is 6.54. The van der Waals surface area contributed by atoms with Gasteiger partial charge in [-0.2, -0.15) is 0 Å². The molecular formula is C13H25NO3. The van der Waals surface area contributed by atoms with Crippen LogP contribution in [0.15, 0.2) is 0 Å². The van der Waals surface area contributed by atoms with E-state index < -0.39 is 0 Å². The van der Waals surface area contributed by atoms with Gasteiger partial charge in [0.2, 0.25) is 5.91 Å². The maximum atomic E-state index is 12.1. The molecule has 1 heterocycles. The van der Waals surface area contributed by atoms with Gasteiger partial charge in [0.15, 0.2) is 0 Å². The fourth-order valence-corrected chi connectivity index (χ4v) is 2.53. The summed E-state index contributed by atoms with van der Waals surface area (Å²) in [4.78, 5) is 12.1. The topological polar surface area (TPSA) is 58.6 Å². The van der Waals surface area contributed by atoms with Crippen LogP contribution in [0, 0.1) is 11.8 Å². The van der Waals surface area contributed by atoms with Crippen LogP contribution in [-0.2, 0) is 9.53 Å². The molecule has 0 saturated carbocycles. The van der Waals surface area contributed by atoms with Gasteiger partial charge in [0.05, 0.1) is 18.1 Å². The van der Waals surface area contributed by atoms with Gasteiger partial charge in [0, 0.05) is 12.6 Å². The lowest BCUT2D eigenvalue weighted by Gasteiger charge is -2.21. The summed E-state index contributed by atoms with van der Waals surface area (Å²) >= 11 is 0. The van der Waals surface area contributed by atoms with E-state index in [4.69, 9.17) is 9.84 Å². The van der Waals surface area contributed by atoms with Gasteiger partial charge >= 0.3 is 0 Å². The first kappa shape index (κ1) is 14.5. The SMILES string of the molecule is CC(CCCO)NC(=O)C1C(C)OC(C)C1C. The zero-order valence-corrected chi connectivity index (χ0v) is 11.3. The molecule has 5 atom stereocenters. The van der Waals surface area contributed by atoms with Gasteiger partial charge in [0.1, 0.15) is 0 Å². The molecule has 0 aliphatic carbocycles. The Labute approximate surface area is 104 Å². The third-order valence-corrected chi connectivity index (χ3v) is 3.73. The predicted octanol–water partition coefficient (Wildman–Crippen LogP) is 1.32. The third kappa shape index (κ3) is 3.68.